The Hall–Kier alpha value is -2.30. The van der Waals surface area contributed by atoms with Gasteiger partial charge in [-0.15, -0.1) is 0 Å². The maximum absolute atomic E-state index is 11.9. The van der Waals surface area contributed by atoms with Gasteiger partial charge in [-0.2, -0.15) is 0 Å². The van der Waals surface area contributed by atoms with Gasteiger partial charge in [0.05, 0.1) is 0 Å². The first-order valence-corrected chi connectivity index (χ1v) is 9.19. The number of para-hydroxylation sites is 1. The molecule has 134 valence electrons. The van der Waals surface area contributed by atoms with Gasteiger partial charge in [0.2, 0.25) is 0 Å². The highest BCUT2D eigenvalue weighted by molar-refractivity contribution is 5.84. The Balaban J connectivity index is 1.35. The molecule has 1 heterocycles. The van der Waals surface area contributed by atoms with Crippen molar-refractivity contribution in [3.63, 3.8) is 0 Å². The lowest BCUT2D eigenvalue weighted by molar-refractivity contribution is -0.148. The summed E-state index contributed by atoms with van der Waals surface area (Å²) in [6.45, 7) is 0.519. The number of hydrogen-bond donors (Lipinski definition) is 2. The molecule has 0 spiro atoms. The van der Waals surface area contributed by atoms with Crippen LogP contribution in [0.15, 0.2) is 30.5 Å². The number of aromatic amines is 1. The third-order valence-corrected chi connectivity index (χ3v) is 4.95. The van der Waals surface area contributed by atoms with Crippen LogP contribution in [0.4, 0.5) is 0 Å². The standard InChI is InChI=1S/C20H26N2O3/c23-19(22-12-15-6-2-1-3-7-15)14-25-20(24)11-10-16-13-21-18-9-5-4-8-17(16)18/h4-5,8-9,13,15,21H,1-3,6-7,10-12,14H2,(H,22,23). The third kappa shape index (κ3) is 5.08. The molecule has 1 saturated carbocycles. The van der Waals surface area contributed by atoms with Crippen molar-refractivity contribution >= 4 is 22.8 Å². The Morgan fingerprint density at radius 1 is 1.16 bits per heavy atom. The molecule has 0 unspecified atom stereocenters. The molecule has 1 aromatic heterocycles. The van der Waals surface area contributed by atoms with Gasteiger partial charge in [0.15, 0.2) is 6.61 Å². The fraction of sp³-hybridized carbons (Fsp3) is 0.500. The Labute approximate surface area is 148 Å². The predicted octanol–water partition coefficient (Wildman–Crippen LogP) is 3.34. The number of aryl methyl sites for hydroxylation is 1. The molecular weight excluding hydrogens is 316 g/mol. The first kappa shape index (κ1) is 17.5. The van der Waals surface area contributed by atoms with Gasteiger partial charge in [0.25, 0.3) is 5.91 Å². The van der Waals surface area contributed by atoms with Crippen LogP contribution in [0.25, 0.3) is 10.9 Å². The number of nitrogens with one attached hydrogen (secondary N) is 2. The van der Waals surface area contributed by atoms with Crippen LogP contribution in [0, 0.1) is 5.92 Å². The summed E-state index contributed by atoms with van der Waals surface area (Å²) < 4.78 is 5.09. The van der Waals surface area contributed by atoms with Gasteiger partial charge in [0, 0.05) is 30.1 Å². The Morgan fingerprint density at radius 2 is 1.96 bits per heavy atom. The number of ether oxygens (including phenoxy) is 1. The van der Waals surface area contributed by atoms with Gasteiger partial charge in [-0.05, 0) is 36.8 Å². The number of esters is 1. The van der Waals surface area contributed by atoms with E-state index in [2.05, 4.69) is 10.3 Å². The maximum atomic E-state index is 11.9. The van der Waals surface area contributed by atoms with Crippen LogP contribution in [-0.4, -0.2) is 30.0 Å². The Morgan fingerprint density at radius 3 is 2.80 bits per heavy atom. The van der Waals surface area contributed by atoms with E-state index in [1.54, 1.807) is 0 Å². The number of carbonyl (C=O) groups excluding carboxylic acids is 2. The summed E-state index contributed by atoms with van der Waals surface area (Å²) >= 11 is 0. The second kappa shape index (κ2) is 8.70. The highest BCUT2D eigenvalue weighted by Crippen LogP contribution is 2.22. The third-order valence-electron chi connectivity index (χ3n) is 4.95. The van der Waals surface area contributed by atoms with Crippen LogP contribution in [0.5, 0.6) is 0 Å². The molecule has 0 bridgehead atoms. The minimum atomic E-state index is -0.335. The van der Waals surface area contributed by atoms with E-state index in [0.717, 1.165) is 16.5 Å². The number of amides is 1. The number of rotatable bonds is 7. The molecule has 0 aliphatic heterocycles. The predicted molar refractivity (Wildman–Crippen MR) is 97.2 cm³/mol. The van der Waals surface area contributed by atoms with Gasteiger partial charge in [-0.3, -0.25) is 9.59 Å². The summed E-state index contributed by atoms with van der Waals surface area (Å²) in [6, 6.07) is 8.00. The van der Waals surface area contributed by atoms with Crippen LogP contribution in [-0.2, 0) is 20.7 Å². The fourth-order valence-electron chi connectivity index (χ4n) is 3.49. The van der Waals surface area contributed by atoms with Gasteiger partial charge in [-0.1, -0.05) is 37.5 Å². The molecule has 2 N–H and O–H groups in total. The number of fused-ring (bicyclic) bond motifs is 1. The molecule has 5 nitrogen and oxygen atoms in total. The van der Waals surface area contributed by atoms with Crippen molar-refractivity contribution in [2.45, 2.75) is 44.9 Å². The first-order chi connectivity index (χ1) is 12.2. The van der Waals surface area contributed by atoms with Crippen LogP contribution < -0.4 is 5.32 Å². The molecule has 1 aliphatic carbocycles. The van der Waals surface area contributed by atoms with Crippen LogP contribution >= 0.6 is 0 Å². The fourth-order valence-corrected chi connectivity index (χ4v) is 3.49. The Kier molecular flexibility index (Phi) is 6.09. The summed E-state index contributed by atoms with van der Waals surface area (Å²) in [6.07, 6.45) is 8.99. The summed E-state index contributed by atoms with van der Waals surface area (Å²) in [4.78, 5) is 26.9. The summed E-state index contributed by atoms with van der Waals surface area (Å²) in [5.74, 6) is 0.0411. The van der Waals surface area contributed by atoms with Gasteiger partial charge < -0.3 is 15.0 Å². The lowest BCUT2D eigenvalue weighted by Gasteiger charge is -2.21. The lowest BCUT2D eigenvalue weighted by Crippen LogP contribution is -2.33. The normalized spacial score (nSPS) is 15.2. The summed E-state index contributed by atoms with van der Waals surface area (Å²) in [5.41, 5.74) is 2.15. The molecule has 0 atom stereocenters. The van der Waals surface area contributed by atoms with Gasteiger partial charge in [0.1, 0.15) is 0 Å². The van der Waals surface area contributed by atoms with Crippen LogP contribution in [0.3, 0.4) is 0 Å². The first-order valence-electron chi connectivity index (χ1n) is 9.19. The highest BCUT2D eigenvalue weighted by atomic mass is 16.5. The van der Waals surface area contributed by atoms with Crippen molar-refractivity contribution in [1.82, 2.24) is 10.3 Å². The highest BCUT2D eigenvalue weighted by Gasteiger charge is 2.15. The zero-order valence-electron chi connectivity index (χ0n) is 14.6. The molecule has 1 aromatic carbocycles. The van der Waals surface area contributed by atoms with E-state index in [-0.39, 0.29) is 24.9 Å². The second-order valence-electron chi connectivity index (χ2n) is 6.83. The van der Waals surface area contributed by atoms with E-state index in [0.29, 0.717) is 18.9 Å². The van der Waals surface area contributed by atoms with Crippen molar-refractivity contribution in [2.75, 3.05) is 13.2 Å². The van der Waals surface area contributed by atoms with Crippen molar-refractivity contribution in [3.8, 4) is 0 Å². The van der Waals surface area contributed by atoms with E-state index >= 15 is 0 Å². The monoisotopic (exact) mass is 342 g/mol. The van der Waals surface area contributed by atoms with E-state index in [9.17, 15) is 9.59 Å². The number of carbonyl (C=O) groups is 2. The quantitative estimate of drug-likeness (QED) is 0.758. The molecule has 0 saturated heterocycles. The SMILES string of the molecule is O=C(COC(=O)CCc1c[nH]c2ccccc12)NCC1CCCCC1. The summed E-state index contributed by atoms with van der Waals surface area (Å²) in [5, 5.41) is 4.01. The topological polar surface area (TPSA) is 71.2 Å². The van der Waals surface area contributed by atoms with Crippen LogP contribution in [0.1, 0.15) is 44.1 Å². The van der Waals surface area contributed by atoms with E-state index in [4.69, 9.17) is 4.74 Å². The van der Waals surface area contributed by atoms with Crippen molar-refractivity contribution in [3.05, 3.63) is 36.0 Å². The Bertz CT molecular complexity index is 717. The number of benzene rings is 1. The molecule has 3 rings (SSSR count). The van der Waals surface area contributed by atoms with Gasteiger partial charge in [-0.25, -0.2) is 0 Å². The number of aromatic nitrogens is 1. The molecule has 1 amide bonds. The minimum absolute atomic E-state index is 0.181. The minimum Gasteiger partial charge on any atom is -0.456 e. The largest absolute Gasteiger partial charge is 0.456 e. The molecule has 25 heavy (non-hydrogen) atoms. The lowest BCUT2D eigenvalue weighted by atomic mass is 9.89. The molecule has 0 radical (unpaired) electrons. The van der Waals surface area contributed by atoms with E-state index in [1.807, 2.05) is 30.5 Å². The molecular formula is C20H26N2O3. The zero-order chi connectivity index (χ0) is 17.5. The average molecular weight is 342 g/mol. The second-order valence-corrected chi connectivity index (χ2v) is 6.83. The smallest absolute Gasteiger partial charge is 0.306 e. The van der Waals surface area contributed by atoms with E-state index in [1.165, 1.54) is 32.1 Å². The van der Waals surface area contributed by atoms with Crippen molar-refractivity contribution in [2.24, 2.45) is 5.92 Å². The van der Waals surface area contributed by atoms with Crippen LogP contribution in [0.2, 0.25) is 0 Å². The summed E-state index contributed by atoms with van der Waals surface area (Å²) in [7, 11) is 0. The molecule has 2 aromatic rings. The van der Waals surface area contributed by atoms with Crippen molar-refractivity contribution in [1.29, 1.82) is 0 Å². The van der Waals surface area contributed by atoms with Crippen molar-refractivity contribution < 1.29 is 14.3 Å². The average Bonchev–Trinajstić information content (AvgIpc) is 3.07. The zero-order valence-corrected chi connectivity index (χ0v) is 14.6. The molecule has 5 heteroatoms. The van der Waals surface area contributed by atoms with E-state index < -0.39 is 0 Å². The number of hydrogen-bond acceptors (Lipinski definition) is 3. The molecule has 1 fully saturated rings. The maximum Gasteiger partial charge on any atom is 0.306 e. The molecule has 1 aliphatic rings. The van der Waals surface area contributed by atoms with Gasteiger partial charge >= 0.3 is 5.97 Å². The number of H-pyrrole nitrogens is 1.